The van der Waals surface area contributed by atoms with E-state index in [1.54, 1.807) is 0 Å². The first-order valence-electron chi connectivity index (χ1n) is 6.79. The van der Waals surface area contributed by atoms with Gasteiger partial charge in [0.1, 0.15) is 0 Å². The number of aliphatic hydroxyl groups excluding tert-OH is 1. The molecule has 0 aromatic heterocycles. The second-order valence-electron chi connectivity index (χ2n) is 5.15. The van der Waals surface area contributed by atoms with Crippen LogP contribution < -0.4 is 0 Å². The minimum Gasteiger partial charge on any atom is -0.391 e. The van der Waals surface area contributed by atoms with E-state index in [1.165, 1.54) is 17.1 Å². The number of hydrogen-bond donors (Lipinski definition) is 1. The van der Waals surface area contributed by atoms with Crippen LogP contribution in [0.2, 0.25) is 5.02 Å². The number of β-amino-alcohol motifs (C(OH)–C–C–N with tert-alkyl or cyclic N) is 1. The number of alkyl halides is 3. The maximum Gasteiger partial charge on any atom is 0.416 e. The van der Waals surface area contributed by atoms with Crippen LogP contribution in [0.25, 0.3) is 6.08 Å². The van der Waals surface area contributed by atoms with Crippen molar-refractivity contribution in [1.82, 2.24) is 4.90 Å². The zero-order valence-electron chi connectivity index (χ0n) is 11.6. The van der Waals surface area contributed by atoms with E-state index in [4.69, 9.17) is 11.6 Å². The first-order chi connectivity index (χ1) is 10.3. The molecular weight excluding hydrogens is 319 g/mol. The second kappa shape index (κ2) is 6.71. The number of likely N-dealkylation sites (tertiary alicyclic amines) is 1. The van der Waals surface area contributed by atoms with Crippen molar-refractivity contribution in [2.75, 3.05) is 13.1 Å². The van der Waals surface area contributed by atoms with Crippen LogP contribution in [0.15, 0.2) is 24.3 Å². The number of carbonyl (C=O) groups is 1. The normalized spacial score (nSPS) is 19.7. The van der Waals surface area contributed by atoms with Gasteiger partial charge in [-0.05, 0) is 42.7 Å². The summed E-state index contributed by atoms with van der Waals surface area (Å²) >= 11 is 5.86. The van der Waals surface area contributed by atoms with Crippen molar-refractivity contribution in [3.05, 3.63) is 40.4 Å². The largest absolute Gasteiger partial charge is 0.416 e. The molecule has 1 aliphatic heterocycles. The molecule has 1 aliphatic rings. The number of rotatable bonds is 2. The molecular formula is C15H15ClF3NO2. The molecule has 0 bridgehead atoms. The van der Waals surface area contributed by atoms with Crippen LogP contribution in [0.4, 0.5) is 13.2 Å². The third-order valence-electron chi connectivity index (χ3n) is 3.44. The van der Waals surface area contributed by atoms with Crippen molar-refractivity contribution in [3.63, 3.8) is 0 Å². The molecule has 1 aromatic carbocycles. The zero-order valence-corrected chi connectivity index (χ0v) is 12.4. The number of aliphatic hydroxyl groups is 1. The molecule has 2 rings (SSSR count). The smallest absolute Gasteiger partial charge is 0.391 e. The third-order valence-corrected chi connectivity index (χ3v) is 3.78. The van der Waals surface area contributed by atoms with Crippen molar-refractivity contribution in [2.45, 2.75) is 25.1 Å². The summed E-state index contributed by atoms with van der Waals surface area (Å²) in [6.07, 6.45) is -1.23. The van der Waals surface area contributed by atoms with Gasteiger partial charge in [0.15, 0.2) is 0 Å². The third kappa shape index (κ3) is 4.24. The number of piperidine rings is 1. The Balaban J connectivity index is 2.14. The molecule has 1 unspecified atom stereocenters. The highest BCUT2D eigenvalue weighted by Gasteiger charge is 2.30. The lowest BCUT2D eigenvalue weighted by Gasteiger charge is -2.29. The van der Waals surface area contributed by atoms with E-state index in [-0.39, 0.29) is 23.0 Å². The van der Waals surface area contributed by atoms with Crippen molar-refractivity contribution in [2.24, 2.45) is 0 Å². The molecule has 22 heavy (non-hydrogen) atoms. The van der Waals surface area contributed by atoms with Crippen LogP contribution >= 0.6 is 11.6 Å². The molecule has 120 valence electrons. The topological polar surface area (TPSA) is 40.5 Å². The van der Waals surface area contributed by atoms with Gasteiger partial charge in [-0.1, -0.05) is 11.6 Å². The lowest BCUT2D eigenvalue weighted by Crippen LogP contribution is -2.41. The fourth-order valence-corrected chi connectivity index (χ4v) is 2.45. The average Bonchev–Trinajstić information content (AvgIpc) is 2.44. The van der Waals surface area contributed by atoms with Crippen LogP contribution in [0.1, 0.15) is 24.0 Å². The standard InChI is InChI=1S/C15H15ClF3NO2/c16-13-5-4-11(15(17,18)19)8-10(13)3-6-14(22)20-7-1-2-12(21)9-20/h3-6,8,12,21H,1-2,7,9H2. The second-order valence-corrected chi connectivity index (χ2v) is 5.55. The fraction of sp³-hybridized carbons (Fsp3) is 0.400. The van der Waals surface area contributed by atoms with Crippen LogP contribution in [-0.2, 0) is 11.0 Å². The Hall–Kier alpha value is -1.53. The van der Waals surface area contributed by atoms with E-state index >= 15 is 0 Å². The maximum atomic E-state index is 12.7. The summed E-state index contributed by atoms with van der Waals surface area (Å²) < 4.78 is 38.0. The number of amides is 1. The maximum absolute atomic E-state index is 12.7. The van der Waals surface area contributed by atoms with Crippen LogP contribution in [0.3, 0.4) is 0 Å². The summed E-state index contributed by atoms with van der Waals surface area (Å²) in [5.41, 5.74) is -0.695. The van der Waals surface area contributed by atoms with Crippen LogP contribution in [0.5, 0.6) is 0 Å². The minimum atomic E-state index is -4.46. The molecule has 1 saturated heterocycles. The number of halogens is 4. The van der Waals surface area contributed by atoms with E-state index in [2.05, 4.69) is 0 Å². The van der Waals surface area contributed by atoms with E-state index < -0.39 is 17.8 Å². The average molecular weight is 334 g/mol. The molecule has 0 saturated carbocycles. The quantitative estimate of drug-likeness (QED) is 0.843. The van der Waals surface area contributed by atoms with E-state index in [0.717, 1.165) is 18.2 Å². The van der Waals surface area contributed by atoms with Gasteiger partial charge in [-0.3, -0.25) is 4.79 Å². The lowest BCUT2D eigenvalue weighted by atomic mass is 10.1. The Morgan fingerprint density at radius 3 is 2.77 bits per heavy atom. The Morgan fingerprint density at radius 1 is 1.41 bits per heavy atom. The Kier molecular flexibility index (Phi) is 5.13. The Bertz CT molecular complexity index is 587. The molecule has 1 fully saturated rings. The molecule has 1 amide bonds. The summed E-state index contributed by atoms with van der Waals surface area (Å²) in [5, 5.41) is 9.65. The molecule has 1 N–H and O–H groups in total. The number of nitrogens with zero attached hydrogens (tertiary/aromatic N) is 1. The summed E-state index contributed by atoms with van der Waals surface area (Å²) in [4.78, 5) is 13.4. The van der Waals surface area contributed by atoms with Gasteiger partial charge in [-0.15, -0.1) is 0 Å². The summed E-state index contributed by atoms with van der Waals surface area (Å²) in [6.45, 7) is 0.760. The van der Waals surface area contributed by atoms with Crippen molar-refractivity contribution >= 4 is 23.6 Å². The van der Waals surface area contributed by atoms with Crippen LogP contribution in [-0.4, -0.2) is 35.1 Å². The Labute approximate surface area is 131 Å². The van der Waals surface area contributed by atoms with Crippen molar-refractivity contribution in [3.8, 4) is 0 Å². The molecule has 0 spiro atoms. The summed E-state index contributed by atoms with van der Waals surface area (Å²) in [5.74, 6) is -0.354. The van der Waals surface area contributed by atoms with Gasteiger partial charge < -0.3 is 10.0 Å². The van der Waals surface area contributed by atoms with Gasteiger partial charge in [0.2, 0.25) is 5.91 Å². The van der Waals surface area contributed by atoms with Gasteiger partial charge in [-0.25, -0.2) is 0 Å². The zero-order chi connectivity index (χ0) is 16.3. The van der Waals surface area contributed by atoms with Crippen molar-refractivity contribution in [1.29, 1.82) is 0 Å². The van der Waals surface area contributed by atoms with Gasteiger partial charge in [0.25, 0.3) is 0 Å². The summed E-state index contributed by atoms with van der Waals surface area (Å²) in [7, 11) is 0. The number of benzene rings is 1. The van der Waals surface area contributed by atoms with E-state index in [1.807, 2.05) is 0 Å². The Morgan fingerprint density at radius 2 is 2.14 bits per heavy atom. The van der Waals surface area contributed by atoms with Crippen LogP contribution in [0, 0.1) is 0 Å². The van der Waals surface area contributed by atoms with E-state index in [9.17, 15) is 23.1 Å². The molecule has 0 aliphatic carbocycles. The highest BCUT2D eigenvalue weighted by atomic mass is 35.5. The fourth-order valence-electron chi connectivity index (χ4n) is 2.27. The predicted molar refractivity (Wildman–Crippen MR) is 77.3 cm³/mol. The number of hydrogen-bond acceptors (Lipinski definition) is 2. The van der Waals surface area contributed by atoms with Gasteiger partial charge in [0.05, 0.1) is 11.7 Å². The van der Waals surface area contributed by atoms with Gasteiger partial charge >= 0.3 is 6.18 Å². The van der Waals surface area contributed by atoms with Crippen molar-refractivity contribution < 1.29 is 23.1 Å². The highest BCUT2D eigenvalue weighted by molar-refractivity contribution is 6.32. The summed E-state index contributed by atoms with van der Waals surface area (Å²) in [6, 6.07) is 2.94. The monoisotopic (exact) mass is 333 g/mol. The molecule has 1 atom stereocenters. The molecule has 0 radical (unpaired) electrons. The SMILES string of the molecule is O=C(C=Cc1cc(C(F)(F)F)ccc1Cl)N1CCCC(O)C1. The first-order valence-corrected chi connectivity index (χ1v) is 7.17. The molecule has 1 heterocycles. The number of carbonyl (C=O) groups excluding carboxylic acids is 1. The highest BCUT2D eigenvalue weighted by Crippen LogP contribution is 2.32. The molecule has 1 aromatic rings. The lowest BCUT2D eigenvalue weighted by molar-refractivity contribution is -0.137. The first kappa shape index (κ1) is 16.8. The molecule has 3 nitrogen and oxygen atoms in total. The van der Waals surface area contributed by atoms with Gasteiger partial charge in [0, 0.05) is 24.2 Å². The molecule has 7 heteroatoms. The van der Waals surface area contributed by atoms with E-state index in [0.29, 0.717) is 19.4 Å². The predicted octanol–water partition coefficient (Wildman–Crippen LogP) is 3.36. The van der Waals surface area contributed by atoms with Gasteiger partial charge in [-0.2, -0.15) is 13.2 Å². The minimum absolute atomic E-state index is 0.127.